The monoisotopic (exact) mass is 450 g/mol. The Morgan fingerprint density at radius 2 is 1.82 bits per heavy atom. The van der Waals surface area contributed by atoms with Crippen LogP contribution in [0.3, 0.4) is 0 Å². The van der Waals surface area contributed by atoms with Gasteiger partial charge in [0.2, 0.25) is 0 Å². The Bertz CT molecular complexity index is 987. The van der Waals surface area contributed by atoms with E-state index in [1.165, 1.54) is 23.2 Å². The van der Waals surface area contributed by atoms with Crippen molar-refractivity contribution in [1.82, 2.24) is 10.2 Å². The van der Waals surface area contributed by atoms with Crippen molar-refractivity contribution in [2.75, 3.05) is 50.1 Å². The van der Waals surface area contributed by atoms with E-state index in [2.05, 4.69) is 45.7 Å². The Morgan fingerprint density at radius 1 is 1.03 bits per heavy atom. The number of amides is 2. The lowest BCUT2D eigenvalue weighted by Gasteiger charge is -2.35. The summed E-state index contributed by atoms with van der Waals surface area (Å²) in [5.74, 6) is -0.769. The smallest absolute Gasteiger partial charge is 0.313 e. The van der Waals surface area contributed by atoms with Gasteiger partial charge in [-0.3, -0.25) is 14.5 Å². The quantitative estimate of drug-likeness (QED) is 0.633. The van der Waals surface area contributed by atoms with E-state index < -0.39 is 11.8 Å². The highest BCUT2D eigenvalue weighted by molar-refractivity contribution is 6.39. The first-order valence-corrected chi connectivity index (χ1v) is 12.0. The number of carbonyl (C=O) groups excluding carboxylic acids is 2. The second-order valence-corrected chi connectivity index (χ2v) is 8.77. The van der Waals surface area contributed by atoms with Gasteiger partial charge in [0, 0.05) is 25.8 Å². The molecule has 0 aromatic heterocycles. The van der Waals surface area contributed by atoms with E-state index in [-0.39, 0.29) is 6.04 Å². The SMILES string of the molecule is CCOc1ccccc1NC(=O)C(=O)NC[C@H](c1ccc2c(c1)CCN2C)N1CCCCC1. The first kappa shape index (κ1) is 23.1. The zero-order valence-corrected chi connectivity index (χ0v) is 19.6. The maximum atomic E-state index is 12.7. The standard InChI is InChI=1S/C26H34N4O3/c1-3-33-24-10-6-5-9-21(24)28-26(32)25(31)27-18-23(30-14-7-4-8-15-30)19-11-12-22-20(17-19)13-16-29(22)2/h5-6,9-12,17,23H,3-4,7-8,13-16,18H2,1-2H3,(H,27,31)(H,28,32)/t23-/m1/s1. The predicted octanol–water partition coefficient (Wildman–Crippen LogP) is 3.36. The Hall–Kier alpha value is -3.06. The van der Waals surface area contributed by atoms with Crippen LogP contribution >= 0.6 is 0 Å². The van der Waals surface area contributed by atoms with Crippen molar-refractivity contribution in [3.05, 3.63) is 53.6 Å². The van der Waals surface area contributed by atoms with Gasteiger partial charge in [0.1, 0.15) is 5.75 Å². The summed E-state index contributed by atoms with van der Waals surface area (Å²) in [4.78, 5) is 30.0. The highest BCUT2D eigenvalue weighted by atomic mass is 16.5. The lowest BCUT2D eigenvalue weighted by Crippen LogP contribution is -2.43. The summed E-state index contributed by atoms with van der Waals surface area (Å²) < 4.78 is 5.54. The summed E-state index contributed by atoms with van der Waals surface area (Å²) in [5.41, 5.74) is 4.34. The molecule has 0 unspecified atom stereocenters. The number of carbonyl (C=O) groups is 2. The number of likely N-dealkylation sites (tertiary alicyclic amines) is 1. The Kier molecular flexibility index (Phi) is 7.50. The number of ether oxygens (including phenoxy) is 1. The van der Waals surface area contributed by atoms with E-state index in [1.807, 2.05) is 13.0 Å². The van der Waals surface area contributed by atoms with Gasteiger partial charge in [-0.05, 0) is 68.6 Å². The summed E-state index contributed by atoms with van der Waals surface area (Å²) in [6, 6.07) is 13.8. The molecule has 1 fully saturated rings. The first-order valence-electron chi connectivity index (χ1n) is 12.0. The normalized spacial score (nSPS) is 16.7. The maximum absolute atomic E-state index is 12.7. The number of anilines is 2. The first-order chi connectivity index (χ1) is 16.1. The highest BCUT2D eigenvalue weighted by Crippen LogP contribution is 2.32. The van der Waals surface area contributed by atoms with Gasteiger partial charge in [0.05, 0.1) is 18.3 Å². The predicted molar refractivity (Wildman–Crippen MR) is 131 cm³/mol. The fourth-order valence-corrected chi connectivity index (χ4v) is 4.78. The van der Waals surface area contributed by atoms with Crippen molar-refractivity contribution in [3.8, 4) is 5.75 Å². The van der Waals surface area contributed by atoms with Crippen molar-refractivity contribution in [2.45, 2.75) is 38.6 Å². The third kappa shape index (κ3) is 5.47. The number of rotatable bonds is 7. The van der Waals surface area contributed by atoms with Gasteiger partial charge in [-0.1, -0.05) is 30.7 Å². The molecule has 0 aliphatic carbocycles. The van der Waals surface area contributed by atoms with Gasteiger partial charge in [-0.25, -0.2) is 0 Å². The molecule has 7 nitrogen and oxygen atoms in total. The minimum absolute atomic E-state index is 0.0500. The molecule has 7 heteroatoms. The van der Waals surface area contributed by atoms with Crippen LogP contribution in [0.4, 0.5) is 11.4 Å². The van der Waals surface area contributed by atoms with Crippen molar-refractivity contribution < 1.29 is 14.3 Å². The van der Waals surface area contributed by atoms with Gasteiger partial charge in [-0.15, -0.1) is 0 Å². The molecule has 1 atom stereocenters. The van der Waals surface area contributed by atoms with Crippen LogP contribution in [-0.4, -0.2) is 56.5 Å². The van der Waals surface area contributed by atoms with Crippen molar-refractivity contribution >= 4 is 23.2 Å². The molecular formula is C26H34N4O3. The number of fused-ring (bicyclic) bond motifs is 1. The van der Waals surface area contributed by atoms with E-state index in [9.17, 15) is 9.59 Å². The zero-order valence-electron chi connectivity index (χ0n) is 19.6. The molecule has 2 aliphatic rings. The van der Waals surface area contributed by atoms with E-state index in [0.717, 1.165) is 38.9 Å². The van der Waals surface area contributed by atoms with Gasteiger partial charge in [0.15, 0.2) is 0 Å². The van der Waals surface area contributed by atoms with Crippen LogP contribution in [-0.2, 0) is 16.0 Å². The summed E-state index contributed by atoms with van der Waals surface area (Å²) in [5, 5.41) is 5.56. The number of benzene rings is 2. The minimum Gasteiger partial charge on any atom is -0.492 e. The number of nitrogens with one attached hydrogen (secondary N) is 2. The van der Waals surface area contributed by atoms with Gasteiger partial charge < -0.3 is 20.3 Å². The zero-order chi connectivity index (χ0) is 23.2. The second kappa shape index (κ2) is 10.7. The van der Waals surface area contributed by atoms with E-state index in [0.29, 0.717) is 24.6 Å². The summed E-state index contributed by atoms with van der Waals surface area (Å²) in [6.07, 6.45) is 4.60. The Labute approximate surface area is 196 Å². The number of likely N-dealkylation sites (N-methyl/N-ethyl adjacent to an activating group) is 1. The van der Waals surface area contributed by atoms with Crippen molar-refractivity contribution in [3.63, 3.8) is 0 Å². The molecule has 2 N–H and O–H groups in total. The van der Waals surface area contributed by atoms with Crippen LogP contribution < -0.4 is 20.3 Å². The largest absolute Gasteiger partial charge is 0.492 e. The van der Waals surface area contributed by atoms with Crippen molar-refractivity contribution in [1.29, 1.82) is 0 Å². The molecule has 1 saturated heterocycles. The summed E-state index contributed by atoms with van der Waals surface area (Å²) in [7, 11) is 2.12. The lowest BCUT2D eigenvalue weighted by atomic mass is 9.98. The molecule has 33 heavy (non-hydrogen) atoms. The van der Waals surface area contributed by atoms with Crippen LogP contribution in [0.1, 0.15) is 43.4 Å². The molecule has 0 bridgehead atoms. The van der Waals surface area contributed by atoms with Crippen LogP contribution in [0.15, 0.2) is 42.5 Å². The minimum atomic E-state index is -0.685. The fourth-order valence-electron chi connectivity index (χ4n) is 4.78. The van der Waals surface area contributed by atoms with E-state index >= 15 is 0 Å². The molecule has 2 aromatic carbocycles. The van der Waals surface area contributed by atoms with Gasteiger partial charge in [0.25, 0.3) is 0 Å². The molecule has 0 radical (unpaired) electrons. The molecule has 2 aromatic rings. The Balaban J connectivity index is 1.44. The second-order valence-electron chi connectivity index (χ2n) is 8.77. The van der Waals surface area contributed by atoms with E-state index in [1.54, 1.807) is 18.2 Å². The average Bonchev–Trinajstić information content (AvgIpc) is 3.21. The van der Waals surface area contributed by atoms with Gasteiger partial charge >= 0.3 is 11.8 Å². The molecule has 4 rings (SSSR count). The molecule has 2 amide bonds. The van der Waals surface area contributed by atoms with Crippen LogP contribution in [0.2, 0.25) is 0 Å². The lowest BCUT2D eigenvalue weighted by molar-refractivity contribution is -0.136. The van der Waals surface area contributed by atoms with Crippen LogP contribution in [0.25, 0.3) is 0 Å². The number of nitrogens with zero attached hydrogens (tertiary/aromatic N) is 2. The van der Waals surface area contributed by atoms with Crippen LogP contribution in [0, 0.1) is 0 Å². The molecule has 0 spiro atoms. The third-order valence-corrected chi connectivity index (χ3v) is 6.54. The maximum Gasteiger partial charge on any atom is 0.313 e. The Morgan fingerprint density at radius 3 is 2.61 bits per heavy atom. The van der Waals surface area contributed by atoms with E-state index in [4.69, 9.17) is 4.74 Å². The highest BCUT2D eigenvalue weighted by Gasteiger charge is 2.26. The molecule has 2 heterocycles. The molecule has 176 valence electrons. The number of hydrogen-bond acceptors (Lipinski definition) is 5. The number of hydrogen-bond donors (Lipinski definition) is 2. The van der Waals surface area contributed by atoms with Crippen LogP contribution in [0.5, 0.6) is 5.75 Å². The summed E-state index contributed by atoms with van der Waals surface area (Å²) in [6.45, 7) is 5.80. The number of piperidine rings is 1. The molecule has 0 saturated carbocycles. The third-order valence-electron chi connectivity index (χ3n) is 6.54. The number of para-hydroxylation sites is 2. The average molecular weight is 451 g/mol. The molecular weight excluding hydrogens is 416 g/mol. The summed E-state index contributed by atoms with van der Waals surface area (Å²) >= 11 is 0. The van der Waals surface area contributed by atoms with Crippen molar-refractivity contribution in [2.24, 2.45) is 0 Å². The van der Waals surface area contributed by atoms with Gasteiger partial charge in [-0.2, -0.15) is 0 Å². The fraction of sp³-hybridized carbons (Fsp3) is 0.462. The molecule has 2 aliphatic heterocycles. The topological polar surface area (TPSA) is 73.9 Å².